The van der Waals surface area contributed by atoms with Crippen molar-refractivity contribution in [2.45, 2.75) is 13.0 Å². The first kappa shape index (κ1) is 11.1. The maximum absolute atomic E-state index is 8.33. The van der Waals surface area contributed by atoms with E-state index in [2.05, 4.69) is 16.4 Å². The zero-order valence-corrected chi connectivity index (χ0v) is 9.25. The van der Waals surface area contributed by atoms with E-state index >= 15 is 0 Å². The van der Waals surface area contributed by atoms with Crippen molar-refractivity contribution >= 4 is 28.3 Å². The van der Waals surface area contributed by atoms with Crippen LogP contribution in [0.1, 0.15) is 12.1 Å². The van der Waals surface area contributed by atoms with Crippen LogP contribution in [0.15, 0.2) is 18.3 Å². The highest BCUT2D eigenvalue weighted by Crippen LogP contribution is 2.04. The Labute approximate surface area is 92.9 Å². The summed E-state index contributed by atoms with van der Waals surface area (Å²) >= 11 is 6.58. The summed E-state index contributed by atoms with van der Waals surface area (Å²) in [7, 11) is 0. The summed E-state index contributed by atoms with van der Waals surface area (Å²) in [5, 5.41) is 11.4. The van der Waals surface area contributed by atoms with Crippen LogP contribution in [0.5, 0.6) is 0 Å². The molecule has 14 heavy (non-hydrogen) atoms. The van der Waals surface area contributed by atoms with Crippen LogP contribution in [0.4, 0.5) is 0 Å². The normalized spacial score (nSPS) is 9.36. The van der Waals surface area contributed by atoms with Crippen LogP contribution in [0.25, 0.3) is 0 Å². The summed E-state index contributed by atoms with van der Waals surface area (Å²) in [6.07, 6.45) is 2.41. The lowest BCUT2D eigenvalue weighted by Gasteiger charge is -2.04. The number of hydrogen-bond acceptors (Lipinski definition) is 3. The Morgan fingerprint density at radius 3 is 3.21 bits per heavy atom. The third kappa shape index (κ3) is 4.30. The van der Waals surface area contributed by atoms with E-state index in [4.69, 9.17) is 17.5 Å². The average Bonchev–Trinajstić information content (AvgIpc) is 2.68. The monoisotopic (exact) mass is 225 g/mol. The van der Waals surface area contributed by atoms with Gasteiger partial charge < -0.3 is 10.3 Å². The maximum Gasteiger partial charge on any atom is 0.134 e. The third-order valence-corrected chi connectivity index (χ3v) is 2.85. The Hall–Kier alpha value is -0.990. The van der Waals surface area contributed by atoms with Crippen LogP contribution < -0.4 is 5.32 Å². The van der Waals surface area contributed by atoms with Crippen molar-refractivity contribution in [2.75, 3.05) is 5.75 Å². The average molecular weight is 225 g/mol. The number of thiocarbonyl (C=S) groups is 1. The van der Waals surface area contributed by atoms with Crippen molar-refractivity contribution in [1.29, 1.82) is 5.26 Å². The number of H-pyrrole nitrogens is 1. The molecule has 1 aromatic rings. The Bertz CT molecular complexity index is 313. The van der Waals surface area contributed by atoms with Gasteiger partial charge in [0.1, 0.15) is 4.32 Å². The van der Waals surface area contributed by atoms with Gasteiger partial charge in [0.05, 0.1) is 12.6 Å². The molecule has 1 rings (SSSR count). The van der Waals surface area contributed by atoms with E-state index in [-0.39, 0.29) is 0 Å². The second kappa shape index (κ2) is 6.46. The lowest BCUT2D eigenvalue weighted by Crippen LogP contribution is -2.18. The number of rotatable bonds is 4. The fraction of sp³-hybridized carbons (Fsp3) is 0.333. The van der Waals surface area contributed by atoms with Gasteiger partial charge in [-0.25, -0.2) is 0 Å². The molecular formula is C9H11N3S2. The lowest BCUT2D eigenvalue weighted by atomic mass is 10.4. The van der Waals surface area contributed by atoms with Crippen molar-refractivity contribution in [3.63, 3.8) is 0 Å². The highest BCUT2D eigenvalue weighted by Gasteiger charge is 1.97. The molecule has 74 valence electrons. The molecule has 0 saturated heterocycles. The molecule has 0 aliphatic rings. The van der Waals surface area contributed by atoms with Crippen LogP contribution in [-0.4, -0.2) is 15.1 Å². The molecule has 3 nitrogen and oxygen atoms in total. The molecule has 0 fully saturated rings. The first-order valence-electron chi connectivity index (χ1n) is 4.23. The van der Waals surface area contributed by atoms with Crippen LogP contribution in [0.2, 0.25) is 0 Å². The first-order valence-corrected chi connectivity index (χ1v) is 5.62. The maximum atomic E-state index is 8.33. The minimum Gasteiger partial charge on any atom is -0.365 e. The largest absolute Gasteiger partial charge is 0.365 e. The summed E-state index contributed by atoms with van der Waals surface area (Å²) in [5.41, 5.74) is 1.10. The molecule has 2 N–H and O–H groups in total. The third-order valence-electron chi connectivity index (χ3n) is 1.53. The van der Waals surface area contributed by atoms with Gasteiger partial charge in [-0.3, -0.25) is 0 Å². The number of aromatic nitrogens is 1. The molecule has 0 amide bonds. The van der Waals surface area contributed by atoms with Crippen LogP contribution in [0, 0.1) is 11.3 Å². The number of thioether (sulfide) groups is 1. The molecule has 0 radical (unpaired) electrons. The topological polar surface area (TPSA) is 51.6 Å². The van der Waals surface area contributed by atoms with Gasteiger partial charge in [-0.1, -0.05) is 24.0 Å². The molecule has 0 unspecified atom stereocenters. The van der Waals surface area contributed by atoms with Gasteiger partial charge in [0.25, 0.3) is 0 Å². The zero-order chi connectivity index (χ0) is 10.2. The van der Waals surface area contributed by atoms with Crippen LogP contribution in [0.3, 0.4) is 0 Å². The van der Waals surface area contributed by atoms with Gasteiger partial charge >= 0.3 is 0 Å². The van der Waals surface area contributed by atoms with E-state index in [0.717, 1.165) is 15.8 Å². The molecule has 1 aromatic heterocycles. The molecule has 0 aromatic carbocycles. The minimum atomic E-state index is 0.537. The smallest absolute Gasteiger partial charge is 0.134 e. The fourth-order valence-electron chi connectivity index (χ4n) is 0.885. The van der Waals surface area contributed by atoms with Gasteiger partial charge in [-0.05, 0) is 12.1 Å². The predicted octanol–water partition coefficient (Wildman–Crippen LogP) is 2.04. The highest BCUT2D eigenvalue weighted by atomic mass is 32.2. The molecular weight excluding hydrogens is 214 g/mol. The van der Waals surface area contributed by atoms with Crippen molar-refractivity contribution in [3.05, 3.63) is 24.0 Å². The molecule has 0 spiro atoms. The van der Waals surface area contributed by atoms with Gasteiger partial charge in [-0.2, -0.15) is 5.26 Å². The molecule has 0 bridgehead atoms. The second-order valence-electron chi connectivity index (χ2n) is 2.59. The second-order valence-corrected chi connectivity index (χ2v) is 4.36. The number of nitriles is 1. The number of nitrogens with zero attached hydrogens (tertiary/aromatic N) is 1. The van der Waals surface area contributed by atoms with E-state index in [1.54, 1.807) is 0 Å². The lowest BCUT2D eigenvalue weighted by molar-refractivity contribution is 0.904. The predicted molar refractivity (Wildman–Crippen MR) is 62.9 cm³/mol. The fourth-order valence-corrected chi connectivity index (χ4v) is 1.76. The number of nitrogens with one attached hydrogen (secondary N) is 2. The van der Waals surface area contributed by atoms with Gasteiger partial charge in [0, 0.05) is 24.1 Å². The molecule has 0 aliphatic heterocycles. The molecule has 0 atom stereocenters. The van der Waals surface area contributed by atoms with Crippen molar-refractivity contribution < 1.29 is 0 Å². The zero-order valence-electron chi connectivity index (χ0n) is 7.62. The van der Waals surface area contributed by atoms with E-state index in [9.17, 15) is 0 Å². The summed E-state index contributed by atoms with van der Waals surface area (Å²) in [4.78, 5) is 3.08. The van der Waals surface area contributed by atoms with Crippen LogP contribution in [-0.2, 0) is 6.54 Å². The Morgan fingerprint density at radius 2 is 2.57 bits per heavy atom. The number of hydrogen-bond donors (Lipinski definition) is 2. The number of aromatic amines is 1. The van der Waals surface area contributed by atoms with Gasteiger partial charge in [0.15, 0.2) is 0 Å². The van der Waals surface area contributed by atoms with E-state index in [1.165, 1.54) is 11.8 Å². The van der Waals surface area contributed by atoms with Gasteiger partial charge in [0.2, 0.25) is 0 Å². The first-order chi connectivity index (χ1) is 6.83. The summed E-state index contributed by atoms with van der Waals surface area (Å²) in [6, 6.07) is 6.02. The molecule has 0 aliphatic carbocycles. The standard InChI is InChI=1S/C9H11N3S2/c10-4-2-6-14-9(13)12-7-8-3-1-5-11-8/h1,3,5,11H,2,6-7H2,(H,12,13). The molecule has 1 heterocycles. The Kier molecular flexibility index (Phi) is 5.12. The quantitative estimate of drug-likeness (QED) is 0.608. The van der Waals surface area contributed by atoms with E-state index in [1.807, 2.05) is 18.3 Å². The summed E-state index contributed by atoms with van der Waals surface area (Å²) in [5.74, 6) is 0.757. The van der Waals surface area contributed by atoms with Gasteiger partial charge in [-0.15, -0.1) is 0 Å². The van der Waals surface area contributed by atoms with Crippen molar-refractivity contribution in [1.82, 2.24) is 10.3 Å². The summed E-state index contributed by atoms with van der Waals surface area (Å²) < 4.78 is 0.745. The van der Waals surface area contributed by atoms with Crippen molar-refractivity contribution in [3.8, 4) is 6.07 Å². The van der Waals surface area contributed by atoms with E-state index in [0.29, 0.717) is 13.0 Å². The minimum absolute atomic E-state index is 0.537. The summed E-state index contributed by atoms with van der Waals surface area (Å²) in [6.45, 7) is 0.714. The molecule has 5 heteroatoms. The van der Waals surface area contributed by atoms with Crippen LogP contribution >= 0.6 is 24.0 Å². The van der Waals surface area contributed by atoms with E-state index < -0.39 is 0 Å². The SMILES string of the molecule is N#CCCSC(=S)NCc1ccc[nH]1. The highest BCUT2D eigenvalue weighted by molar-refractivity contribution is 8.22. The Balaban J connectivity index is 2.13. The van der Waals surface area contributed by atoms with Crippen molar-refractivity contribution in [2.24, 2.45) is 0 Å². The molecule has 0 saturated carbocycles. The Morgan fingerprint density at radius 1 is 1.71 bits per heavy atom.